The van der Waals surface area contributed by atoms with Crippen LogP contribution < -0.4 is 4.90 Å². The molecule has 72 valence electrons. The Balaban J connectivity index is 2.21. The molecule has 1 aromatic carbocycles. The van der Waals surface area contributed by atoms with Crippen LogP contribution >= 0.6 is 0 Å². The summed E-state index contributed by atoms with van der Waals surface area (Å²) in [6.45, 7) is 3.40. The van der Waals surface area contributed by atoms with E-state index in [0.29, 0.717) is 6.04 Å². The quantitative estimate of drug-likeness (QED) is 0.674. The van der Waals surface area contributed by atoms with E-state index in [0.717, 1.165) is 12.1 Å². The first-order chi connectivity index (χ1) is 6.81. The Morgan fingerprint density at radius 1 is 1.36 bits per heavy atom. The maximum absolute atomic E-state index is 8.68. The molecule has 2 rings (SSSR count). The minimum absolute atomic E-state index is 0.642. The van der Waals surface area contributed by atoms with Crippen molar-refractivity contribution in [2.75, 3.05) is 11.4 Å². The molecule has 1 heterocycles. The lowest BCUT2D eigenvalue weighted by atomic mass is 10.2. The van der Waals surface area contributed by atoms with Crippen molar-refractivity contribution in [3.8, 4) is 6.07 Å². The van der Waals surface area contributed by atoms with Gasteiger partial charge in [-0.05, 0) is 44.0 Å². The van der Waals surface area contributed by atoms with Crippen molar-refractivity contribution in [1.29, 1.82) is 5.26 Å². The lowest BCUT2D eigenvalue weighted by Crippen LogP contribution is -2.25. The van der Waals surface area contributed by atoms with Crippen LogP contribution in [-0.4, -0.2) is 12.6 Å². The highest BCUT2D eigenvalue weighted by Gasteiger charge is 2.19. The minimum atomic E-state index is 0.642. The van der Waals surface area contributed by atoms with Gasteiger partial charge in [-0.25, -0.2) is 0 Å². The number of rotatable bonds is 1. The second-order valence-electron chi connectivity index (χ2n) is 3.84. The van der Waals surface area contributed by atoms with Crippen molar-refractivity contribution < 1.29 is 0 Å². The van der Waals surface area contributed by atoms with Gasteiger partial charge in [0.15, 0.2) is 0 Å². The van der Waals surface area contributed by atoms with E-state index < -0.39 is 0 Å². The molecular weight excluding hydrogens is 172 g/mol. The van der Waals surface area contributed by atoms with Crippen LogP contribution in [0.15, 0.2) is 24.3 Å². The van der Waals surface area contributed by atoms with Crippen LogP contribution in [0.1, 0.15) is 25.3 Å². The summed E-state index contributed by atoms with van der Waals surface area (Å²) >= 11 is 0. The first-order valence-corrected chi connectivity index (χ1v) is 5.08. The molecule has 2 heteroatoms. The average Bonchev–Trinajstić information content (AvgIpc) is 2.65. The molecule has 0 aromatic heterocycles. The largest absolute Gasteiger partial charge is 0.369 e. The molecular formula is C12H14N2. The van der Waals surface area contributed by atoms with Crippen LogP contribution in [-0.2, 0) is 0 Å². The molecule has 1 saturated heterocycles. The molecule has 0 saturated carbocycles. The lowest BCUT2D eigenvalue weighted by molar-refractivity contribution is 0.735. The van der Waals surface area contributed by atoms with E-state index in [2.05, 4.69) is 17.9 Å². The van der Waals surface area contributed by atoms with Gasteiger partial charge >= 0.3 is 0 Å². The van der Waals surface area contributed by atoms with Crippen molar-refractivity contribution >= 4 is 5.69 Å². The number of anilines is 1. The molecule has 0 amide bonds. The molecule has 1 aliphatic heterocycles. The second kappa shape index (κ2) is 3.71. The fourth-order valence-electron chi connectivity index (χ4n) is 2.04. The number of hydrogen-bond donors (Lipinski definition) is 0. The average molecular weight is 186 g/mol. The summed E-state index contributed by atoms with van der Waals surface area (Å²) < 4.78 is 0. The van der Waals surface area contributed by atoms with Gasteiger partial charge in [-0.1, -0.05) is 0 Å². The van der Waals surface area contributed by atoms with Gasteiger partial charge in [-0.2, -0.15) is 5.26 Å². The minimum Gasteiger partial charge on any atom is -0.369 e. The van der Waals surface area contributed by atoms with Crippen LogP contribution in [0, 0.1) is 11.3 Å². The molecule has 14 heavy (non-hydrogen) atoms. The monoisotopic (exact) mass is 186 g/mol. The molecule has 1 aromatic rings. The van der Waals surface area contributed by atoms with Crippen molar-refractivity contribution in [3.05, 3.63) is 29.8 Å². The summed E-state index contributed by atoms with van der Waals surface area (Å²) in [6.07, 6.45) is 2.56. The van der Waals surface area contributed by atoms with Crippen molar-refractivity contribution in [2.45, 2.75) is 25.8 Å². The fraction of sp³-hybridized carbons (Fsp3) is 0.417. The van der Waals surface area contributed by atoms with E-state index in [9.17, 15) is 0 Å². The Bertz CT molecular complexity index is 348. The third-order valence-corrected chi connectivity index (χ3v) is 2.88. The summed E-state index contributed by atoms with van der Waals surface area (Å²) in [5, 5.41) is 8.68. The van der Waals surface area contributed by atoms with Gasteiger partial charge < -0.3 is 4.90 Å². The normalized spacial score (nSPS) is 20.9. The third kappa shape index (κ3) is 1.58. The third-order valence-electron chi connectivity index (χ3n) is 2.88. The zero-order chi connectivity index (χ0) is 9.97. The van der Waals surface area contributed by atoms with Crippen LogP contribution in [0.5, 0.6) is 0 Å². The number of benzene rings is 1. The Morgan fingerprint density at radius 3 is 2.57 bits per heavy atom. The summed E-state index contributed by atoms with van der Waals surface area (Å²) in [6, 6.07) is 10.6. The Kier molecular flexibility index (Phi) is 2.41. The van der Waals surface area contributed by atoms with Crippen LogP contribution in [0.25, 0.3) is 0 Å². The zero-order valence-corrected chi connectivity index (χ0v) is 8.40. The molecule has 1 atom stereocenters. The summed E-state index contributed by atoms with van der Waals surface area (Å²) in [5.74, 6) is 0. The van der Waals surface area contributed by atoms with E-state index in [1.807, 2.05) is 24.3 Å². The fourth-order valence-corrected chi connectivity index (χ4v) is 2.04. The molecule has 2 nitrogen and oxygen atoms in total. The Labute approximate surface area is 84.8 Å². The molecule has 0 unspecified atom stereocenters. The maximum Gasteiger partial charge on any atom is 0.0991 e. The molecule has 1 fully saturated rings. The molecule has 0 spiro atoms. The van der Waals surface area contributed by atoms with Gasteiger partial charge in [0, 0.05) is 18.3 Å². The van der Waals surface area contributed by atoms with E-state index >= 15 is 0 Å². The van der Waals surface area contributed by atoms with Crippen LogP contribution in [0.2, 0.25) is 0 Å². The van der Waals surface area contributed by atoms with Crippen molar-refractivity contribution in [1.82, 2.24) is 0 Å². The molecule has 1 aliphatic rings. The Morgan fingerprint density at radius 2 is 2.07 bits per heavy atom. The van der Waals surface area contributed by atoms with Crippen LogP contribution in [0.3, 0.4) is 0 Å². The van der Waals surface area contributed by atoms with Gasteiger partial charge in [-0.15, -0.1) is 0 Å². The smallest absolute Gasteiger partial charge is 0.0991 e. The first kappa shape index (κ1) is 9.08. The topological polar surface area (TPSA) is 27.0 Å². The predicted molar refractivity (Wildman–Crippen MR) is 57.2 cm³/mol. The zero-order valence-electron chi connectivity index (χ0n) is 8.40. The highest BCUT2D eigenvalue weighted by molar-refractivity contribution is 5.51. The molecule has 0 radical (unpaired) electrons. The van der Waals surface area contributed by atoms with Gasteiger partial charge in [0.2, 0.25) is 0 Å². The highest BCUT2D eigenvalue weighted by Crippen LogP contribution is 2.25. The van der Waals surface area contributed by atoms with Crippen molar-refractivity contribution in [2.24, 2.45) is 0 Å². The Hall–Kier alpha value is -1.49. The van der Waals surface area contributed by atoms with Crippen LogP contribution in [0.4, 0.5) is 5.69 Å². The second-order valence-corrected chi connectivity index (χ2v) is 3.84. The van der Waals surface area contributed by atoms with E-state index in [-0.39, 0.29) is 0 Å². The molecule has 0 aliphatic carbocycles. The number of nitriles is 1. The maximum atomic E-state index is 8.68. The molecule has 0 N–H and O–H groups in total. The lowest BCUT2D eigenvalue weighted by Gasteiger charge is -2.23. The van der Waals surface area contributed by atoms with Gasteiger partial charge in [0.05, 0.1) is 11.6 Å². The summed E-state index contributed by atoms with van der Waals surface area (Å²) in [7, 11) is 0. The van der Waals surface area contributed by atoms with E-state index in [1.165, 1.54) is 18.5 Å². The predicted octanol–water partition coefficient (Wildman–Crippen LogP) is 2.55. The van der Waals surface area contributed by atoms with E-state index in [4.69, 9.17) is 5.26 Å². The van der Waals surface area contributed by atoms with Gasteiger partial charge in [-0.3, -0.25) is 0 Å². The van der Waals surface area contributed by atoms with Crippen molar-refractivity contribution in [3.63, 3.8) is 0 Å². The summed E-state index contributed by atoms with van der Waals surface area (Å²) in [4.78, 5) is 2.40. The van der Waals surface area contributed by atoms with Gasteiger partial charge in [0.1, 0.15) is 0 Å². The number of hydrogen-bond acceptors (Lipinski definition) is 2. The SMILES string of the molecule is C[C@H]1CCCN1c1ccc(C#N)cc1. The van der Waals surface area contributed by atoms with Gasteiger partial charge in [0.25, 0.3) is 0 Å². The summed E-state index contributed by atoms with van der Waals surface area (Å²) in [5.41, 5.74) is 1.98. The molecule has 0 bridgehead atoms. The van der Waals surface area contributed by atoms with E-state index in [1.54, 1.807) is 0 Å². The highest BCUT2D eigenvalue weighted by atomic mass is 15.2. The first-order valence-electron chi connectivity index (χ1n) is 5.08. The standard InChI is InChI=1S/C12H14N2/c1-10-3-2-8-14(10)12-6-4-11(9-13)5-7-12/h4-7,10H,2-3,8H2,1H3/t10-/m0/s1. The number of nitrogens with zero attached hydrogens (tertiary/aromatic N) is 2.